The van der Waals surface area contributed by atoms with Gasteiger partial charge >= 0.3 is 5.16 Å². The molecule has 2 heteroatoms. The number of rotatable bonds is 2. The number of hydrogen-bond donors (Lipinski definition) is 0. The first kappa shape index (κ1) is 5.54. The Bertz CT molecular complexity index is 81.5. The van der Waals surface area contributed by atoms with Crippen molar-refractivity contribution in [2.24, 2.45) is 0 Å². The molecule has 31 valence electrons. The molecule has 0 unspecified atom stereocenters. The summed E-state index contributed by atoms with van der Waals surface area (Å²) in [5.74, 6) is 0. The molecule has 0 aromatic rings. The van der Waals surface area contributed by atoms with Gasteiger partial charge < -0.3 is 0 Å². The van der Waals surface area contributed by atoms with Gasteiger partial charge in [0.05, 0.1) is 17.2 Å². The Morgan fingerprint density at radius 1 is 2.00 bits per heavy atom. The zero-order valence-electron chi connectivity index (χ0n) is 3.35. The molecule has 1 nitrogen and oxygen atoms in total. The van der Waals surface area contributed by atoms with Crippen molar-refractivity contribution >= 4 is 17.4 Å². The molecule has 0 heterocycles. The fourth-order valence-corrected chi connectivity index (χ4v) is 0.176. The van der Waals surface area contributed by atoms with Gasteiger partial charge in [-0.05, 0) is 6.08 Å². The molecule has 6 heavy (non-hydrogen) atoms. The molecule has 0 atom stereocenters. The van der Waals surface area contributed by atoms with Crippen LogP contribution in [-0.4, -0.2) is 11.7 Å². The average Bonchev–Trinajstić information content (AvgIpc) is 1.61. The van der Waals surface area contributed by atoms with Gasteiger partial charge in [0.25, 0.3) is 0 Å². The fourth-order valence-electron chi connectivity index (χ4n) is 0.102. The summed E-state index contributed by atoms with van der Waals surface area (Å²) in [6.45, 7) is 4.00. The Morgan fingerprint density at radius 2 is 2.67 bits per heavy atom. The van der Waals surface area contributed by atoms with Crippen LogP contribution >= 0.6 is 12.2 Å². The van der Waals surface area contributed by atoms with Gasteiger partial charge in [-0.15, -0.1) is 0 Å². The number of thiocarbonyl (C=S) groups is 1. The van der Waals surface area contributed by atoms with E-state index in [1.165, 1.54) is 0 Å². The first-order chi connectivity index (χ1) is 2.91. The van der Waals surface area contributed by atoms with Crippen molar-refractivity contribution in [3.05, 3.63) is 12.7 Å². The van der Waals surface area contributed by atoms with E-state index in [9.17, 15) is 0 Å². The zero-order valence-corrected chi connectivity index (χ0v) is 4.16. The maximum Gasteiger partial charge on any atom is 0.323 e. The maximum absolute atomic E-state index is 4.25. The maximum atomic E-state index is 4.25. The highest BCUT2D eigenvalue weighted by atomic mass is 32.1. The number of aliphatic imine (C=N–C) groups is 1. The van der Waals surface area contributed by atoms with E-state index in [0.717, 1.165) is 0 Å². The standard InChI is InChI=1S/C4H5NS/c1-2-3-5-4-6/h2H,1,3H2/q+1. The van der Waals surface area contributed by atoms with Crippen LogP contribution in [0.15, 0.2) is 12.7 Å². The van der Waals surface area contributed by atoms with Crippen LogP contribution in [0.2, 0.25) is 0 Å². The van der Waals surface area contributed by atoms with Gasteiger partial charge in [-0.3, -0.25) is 0 Å². The summed E-state index contributed by atoms with van der Waals surface area (Å²) >= 11 is 4.25. The van der Waals surface area contributed by atoms with Crippen molar-refractivity contribution in [2.75, 3.05) is 6.54 Å². The molecular weight excluding hydrogens is 94.1 g/mol. The van der Waals surface area contributed by atoms with Crippen LogP contribution in [0.25, 0.3) is 0 Å². The van der Waals surface area contributed by atoms with E-state index in [-0.39, 0.29) is 0 Å². The van der Waals surface area contributed by atoms with E-state index < -0.39 is 0 Å². The van der Waals surface area contributed by atoms with Crippen molar-refractivity contribution in [1.29, 1.82) is 0 Å². The van der Waals surface area contributed by atoms with Gasteiger partial charge in [0.2, 0.25) is 6.54 Å². The van der Waals surface area contributed by atoms with Crippen molar-refractivity contribution < 1.29 is 0 Å². The molecule has 0 aromatic heterocycles. The normalized spacial score (nSPS) is 6.00. The van der Waals surface area contributed by atoms with E-state index in [1.807, 2.05) is 0 Å². The summed E-state index contributed by atoms with van der Waals surface area (Å²) in [6, 6.07) is 0. The molecule has 0 amide bonds. The second kappa shape index (κ2) is 4.54. The van der Waals surface area contributed by atoms with Gasteiger partial charge in [-0.2, -0.15) is 0 Å². The third-order valence-corrected chi connectivity index (χ3v) is 0.414. The predicted octanol–water partition coefficient (Wildman–Crippen LogP) is 0.611. The minimum absolute atomic E-state index is 0.587. The lowest BCUT2D eigenvalue weighted by molar-refractivity contribution is 1.14. The van der Waals surface area contributed by atoms with E-state index in [1.54, 1.807) is 6.08 Å². The summed E-state index contributed by atoms with van der Waals surface area (Å²) in [6.07, 6.45) is 1.67. The smallest absolute Gasteiger partial charge is 0.0965 e. The molecule has 0 rings (SSSR count). The van der Waals surface area contributed by atoms with Gasteiger partial charge in [0.1, 0.15) is 0 Å². The molecule has 0 spiro atoms. The topological polar surface area (TPSA) is 14.1 Å². The Kier molecular flexibility index (Phi) is 4.19. The SMILES string of the molecule is C=CC[N+]=C=S. The molecule has 0 saturated carbocycles. The molecule has 0 bridgehead atoms. The summed E-state index contributed by atoms with van der Waals surface area (Å²) in [4.78, 5) is 3.54. The number of nitrogens with zero attached hydrogens (tertiary/aromatic N) is 1. The van der Waals surface area contributed by atoms with Crippen molar-refractivity contribution in [1.82, 2.24) is 4.99 Å². The number of hydrogen-bond acceptors (Lipinski definition) is 2. The highest BCUT2D eigenvalue weighted by molar-refractivity contribution is 7.78. The molecule has 0 aromatic carbocycles. The monoisotopic (exact) mass is 99.0 g/mol. The molecule has 1 radical (unpaired) electrons. The lowest BCUT2D eigenvalue weighted by Crippen LogP contribution is -1.82. The number of isothiocyanates is 1. The average molecular weight is 99.2 g/mol. The van der Waals surface area contributed by atoms with E-state index in [2.05, 4.69) is 29.0 Å². The Balaban J connectivity index is 3.07. The van der Waals surface area contributed by atoms with Crippen LogP contribution < -0.4 is 4.99 Å². The van der Waals surface area contributed by atoms with E-state index in [4.69, 9.17) is 0 Å². The summed E-state index contributed by atoms with van der Waals surface area (Å²) < 4.78 is 0. The Labute approximate surface area is 42.4 Å². The minimum Gasteiger partial charge on any atom is -0.0965 e. The van der Waals surface area contributed by atoms with Gasteiger partial charge in [-0.1, -0.05) is 6.58 Å². The summed E-state index contributed by atoms with van der Waals surface area (Å²) in [7, 11) is 0. The van der Waals surface area contributed by atoms with Gasteiger partial charge in [-0.25, -0.2) is 0 Å². The quantitative estimate of drug-likeness (QED) is 0.281. The third-order valence-electron chi connectivity index (χ3n) is 0.285. The van der Waals surface area contributed by atoms with Gasteiger partial charge in [0, 0.05) is 0 Å². The molecule has 0 N–H and O–H groups in total. The lowest BCUT2D eigenvalue weighted by Gasteiger charge is -1.48. The van der Waals surface area contributed by atoms with E-state index >= 15 is 0 Å². The van der Waals surface area contributed by atoms with Crippen molar-refractivity contribution in [3.8, 4) is 0 Å². The molecular formula is C4H5NS+. The summed E-state index contributed by atoms with van der Waals surface area (Å²) in [5.41, 5.74) is 0. The molecule has 0 aliphatic rings. The van der Waals surface area contributed by atoms with Gasteiger partial charge in [0.15, 0.2) is 0 Å². The van der Waals surface area contributed by atoms with Crippen LogP contribution in [0.3, 0.4) is 0 Å². The van der Waals surface area contributed by atoms with Crippen molar-refractivity contribution in [2.45, 2.75) is 0 Å². The van der Waals surface area contributed by atoms with E-state index in [0.29, 0.717) is 6.54 Å². The van der Waals surface area contributed by atoms with Crippen molar-refractivity contribution in [3.63, 3.8) is 0 Å². The van der Waals surface area contributed by atoms with Crippen LogP contribution in [0.1, 0.15) is 0 Å². The second-order valence-electron chi connectivity index (χ2n) is 0.721. The highest BCUT2D eigenvalue weighted by Gasteiger charge is 1.74. The Hall–Kier alpha value is -0.460. The largest absolute Gasteiger partial charge is 0.323 e. The molecule has 0 fully saturated rings. The van der Waals surface area contributed by atoms with Crippen LogP contribution in [0.5, 0.6) is 0 Å². The Morgan fingerprint density at radius 3 is 2.83 bits per heavy atom. The van der Waals surface area contributed by atoms with Crippen LogP contribution in [-0.2, 0) is 0 Å². The predicted molar refractivity (Wildman–Crippen MR) is 29.8 cm³/mol. The molecule has 0 saturated heterocycles. The fraction of sp³-hybridized carbons (Fsp3) is 0.250. The molecule has 0 aliphatic heterocycles. The highest BCUT2D eigenvalue weighted by Crippen LogP contribution is 1.49. The zero-order chi connectivity index (χ0) is 4.83. The molecule has 0 aliphatic carbocycles. The summed E-state index contributed by atoms with van der Waals surface area (Å²) in [5, 5.41) is 2.21. The first-order valence-corrected chi connectivity index (χ1v) is 1.97. The van der Waals surface area contributed by atoms with Crippen LogP contribution in [0, 0.1) is 0 Å². The first-order valence-electron chi connectivity index (χ1n) is 1.56. The van der Waals surface area contributed by atoms with Crippen LogP contribution in [0.4, 0.5) is 0 Å². The minimum atomic E-state index is 0.587. The second-order valence-corrected chi connectivity index (χ2v) is 0.903. The lowest BCUT2D eigenvalue weighted by atomic mass is 10.7. The third kappa shape index (κ3) is 3.54.